The number of benzene rings is 2. The molecular weight excluding hydrogens is 300 g/mol. The average molecular weight is 324 g/mol. The lowest BCUT2D eigenvalue weighted by Crippen LogP contribution is -2.28. The van der Waals surface area contributed by atoms with E-state index in [0.717, 1.165) is 35.4 Å². The van der Waals surface area contributed by atoms with Gasteiger partial charge in [0.15, 0.2) is 0 Å². The first kappa shape index (κ1) is 16.5. The summed E-state index contributed by atoms with van der Waals surface area (Å²) in [6.07, 6.45) is 1.83. The first-order chi connectivity index (χ1) is 11.6. The molecule has 0 radical (unpaired) electrons. The van der Waals surface area contributed by atoms with Crippen molar-refractivity contribution in [1.82, 2.24) is 14.5 Å². The van der Waals surface area contributed by atoms with Crippen LogP contribution in [0.25, 0.3) is 16.7 Å². The molecule has 0 bridgehead atoms. The van der Waals surface area contributed by atoms with Crippen molar-refractivity contribution in [2.24, 2.45) is 0 Å². The number of aromatic nitrogens is 2. The highest BCUT2D eigenvalue weighted by atomic mass is 16.3. The van der Waals surface area contributed by atoms with Gasteiger partial charge in [-0.1, -0.05) is 6.07 Å². The Morgan fingerprint density at radius 1 is 1.00 bits per heavy atom. The lowest BCUT2D eigenvalue weighted by Gasteiger charge is -2.21. The van der Waals surface area contributed by atoms with Gasteiger partial charge < -0.3 is 14.9 Å². The quantitative estimate of drug-likeness (QED) is 0.757. The van der Waals surface area contributed by atoms with Gasteiger partial charge >= 0.3 is 0 Å². The summed E-state index contributed by atoms with van der Waals surface area (Å²) >= 11 is 0. The van der Waals surface area contributed by atoms with Crippen molar-refractivity contribution in [2.45, 2.75) is 6.61 Å². The van der Waals surface area contributed by atoms with Crippen LogP contribution < -0.4 is 4.90 Å². The van der Waals surface area contributed by atoms with Gasteiger partial charge in [-0.3, -0.25) is 4.57 Å². The van der Waals surface area contributed by atoms with Crippen molar-refractivity contribution < 1.29 is 5.11 Å². The van der Waals surface area contributed by atoms with Crippen molar-refractivity contribution in [3.05, 3.63) is 54.4 Å². The topological polar surface area (TPSA) is 44.5 Å². The fourth-order valence-corrected chi connectivity index (χ4v) is 2.70. The first-order valence-electron chi connectivity index (χ1n) is 8.11. The molecule has 2 aromatic carbocycles. The predicted octanol–water partition coefficient (Wildman–Crippen LogP) is 2.52. The third-order valence-electron chi connectivity index (χ3n) is 4.25. The fourth-order valence-electron chi connectivity index (χ4n) is 2.70. The molecule has 126 valence electrons. The molecule has 5 heteroatoms. The lowest BCUT2D eigenvalue weighted by atomic mass is 10.2. The van der Waals surface area contributed by atoms with E-state index < -0.39 is 0 Å². The van der Waals surface area contributed by atoms with E-state index in [9.17, 15) is 5.11 Å². The van der Waals surface area contributed by atoms with Crippen LogP contribution in [0.3, 0.4) is 0 Å². The minimum Gasteiger partial charge on any atom is -0.392 e. The molecule has 0 aliphatic carbocycles. The molecule has 1 heterocycles. The van der Waals surface area contributed by atoms with Gasteiger partial charge in [0.05, 0.1) is 17.6 Å². The molecule has 5 nitrogen and oxygen atoms in total. The van der Waals surface area contributed by atoms with E-state index in [0.29, 0.717) is 0 Å². The Labute approximate surface area is 142 Å². The second kappa shape index (κ2) is 7.03. The molecule has 3 aromatic rings. The zero-order chi connectivity index (χ0) is 17.1. The summed E-state index contributed by atoms with van der Waals surface area (Å²) in [7, 11) is 6.28. The largest absolute Gasteiger partial charge is 0.392 e. The van der Waals surface area contributed by atoms with E-state index in [1.807, 2.05) is 24.5 Å². The molecule has 0 aliphatic heterocycles. The summed E-state index contributed by atoms with van der Waals surface area (Å²) in [5, 5.41) is 9.34. The highest BCUT2D eigenvalue weighted by molar-refractivity contribution is 5.78. The van der Waals surface area contributed by atoms with Crippen LogP contribution in [0.1, 0.15) is 5.56 Å². The van der Waals surface area contributed by atoms with Crippen LogP contribution in [-0.4, -0.2) is 53.8 Å². The van der Waals surface area contributed by atoms with E-state index >= 15 is 0 Å². The summed E-state index contributed by atoms with van der Waals surface area (Å²) in [6.45, 7) is 2.05. The molecule has 1 aromatic heterocycles. The number of fused-ring (bicyclic) bond motifs is 1. The Balaban J connectivity index is 1.85. The average Bonchev–Trinajstić information content (AvgIpc) is 3.02. The van der Waals surface area contributed by atoms with Crippen molar-refractivity contribution in [3.8, 4) is 5.69 Å². The Hall–Kier alpha value is -2.37. The molecule has 0 unspecified atom stereocenters. The number of anilines is 1. The van der Waals surface area contributed by atoms with E-state index in [4.69, 9.17) is 0 Å². The van der Waals surface area contributed by atoms with E-state index in [2.05, 4.69) is 64.8 Å². The zero-order valence-corrected chi connectivity index (χ0v) is 14.5. The number of likely N-dealkylation sites (N-methyl/N-ethyl adjacent to an activating group) is 2. The summed E-state index contributed by atoms with van der Waals surface area (Å²) < 4.78 is 2.05. The second-order valence-corrected chi connectivity index (χ2v) is 6.34. The number of imidazole rings is 1. The third-order valence-corrected chi connectivity index (χ3v) is 4.25. The summed E-state index contributed by atoms with van der Waals surface area (Å²) in [6, 6.07) is 14.3. The van der Waals surface area contributed by atoms with Crippen LogP contribution in [-0.2, 0) is 6.61 Å². The molecule has 0 saturated heterocycles. The Kier molecular flexibility index (Phi) is 4.83. The van der Waals surface area contributed by atoms with Crippen LogP contribution in [0.2, 0.25) is 0 Å². The number of hydrogen-bond donors (Lipinski definition) is 1. The SMILES string of the molecule is CN(C)CCN(C)c1ccc(-n2cnc3ccc(CO)cc32)cc1. The van der Waals surface area contributed by atoms with Crippen LogP contribution in [0.4, 0.5) is 5.69 Å². The fraction of sp³-hybridized carbons (Fsp3) is 0.316. The van der Waals surface area contributed by atoms with Crippen LogP contribution in [0, 0.1) is 0 Å². The standard InChI is InChI=1S/C19H24N4O/c1-21(2)10-11-22(3)16-5-7-17(8-6-16)23-14-20-18-9-4-15(13-24)12-19(18)23/h4-9,12,14,24H,10-11,13H2,1-3H3. The Morgan fingerprint density at radius 2 is 1.75 bits per heavy atom. The molecular formula is C19H24N4O. The highest BCUT2D eigenvalue weighted by Crippen LogP contribution is 2.22. The number of aliphatic hydroxyl groups excluding tert-OH is 1. The molecule has 0 aliphatic rings. The second-order valence-electron chi connectivity index (χ2n) is 6.34. The monoisotopic (exact) mass is 324 g/mol. The normalized spacial score (nSPS) is 11.4. The van der Waals surface area contributed by atoms with E-state index in [1.165, 1.54) is 5.69 Å². The number of aliphatic hydroxyl groups is 1. The maximum absolute atomic E-state index is 9.34. The van der Waals surface area contributed by atoms with Crippen LogP contribution >= 0.6 is 0 Å². The predicted molar refractivity (Wildman–Crippen MR) is 98.8 cm³/mol. The van der Waals surface area contributed by atoms with E-state index in [-0.39, 0.29) is 6.61 Å². The molecule has 1 N–H and O–H groups in total. The molecule has 3 rings (SSSR count). The molecule has 0 fully saturated rings. The van der Waals surface area contributed by atoms with E-state index in [1.54, 1.807) is 0 Å². The smallest absolute Gasteiger partial charge is 0.100 e. The van der Waals surface area contributed by atoms with Crippen molar-refractivity contribution >= 4 is 16.7 Å². The van der Waals surface area contributed by atoms with Gasteiger partial charge in [0, 0.05) is 31.5 Å². The van der Waals surface area contributed by atoms with Crippen LogP contribution in [0.5, 0.6) is 0 Å². The summed E-state index contributed by atoms with van der Waals surface area (Å²) in [5.74, 6) is 0. The minimum absolute atomic E-state index is 0.0384. The van der Waals surface area contributed by atoms with Gasteiger partial charge in [-0.05, 0) is 56.1 Å². The highest BCUT2D eigenvalue weighted by Gasteiger charge is 2.07. The Morgan fingerprint density at radius 3 is 2.42 bits per heavy atom. The maximum atomic E-state index is 9.34. The van der Waals surface area contributed by atoms with Gasteiger partial charge in [0.25, 0.3) is 0 Å². The third kappa shape index (κ3) is 3.42. The van der Waals surface area contributed by atoms with Gasteiger partial charge in [-0.2, -0.15) is 0 Å². The summed E-state index contributed by atoms with van der Waals surface area (Å²) in [5.41, 5.74) is 5.09. The Bertz CT molecular complexity index is 808. The van der Waals surface area contributed by atoms with Crippen molar-refractivity contribution in [3.63, 3.8) is 0 Å². The van der Waals surface area contributed by atoms with Gasteiger partial charge in [-0.25, -0.2) is 4.98 Å². The number of rotatable bonds is 6. The maximum Gasteiger partial charge on any atom is 0.100 e. The van der Waals surface area contributed by atoms with Crippen molar-refractivity contribution in [2.75, 3.05) is 39.1 Å². The first-order valence-corrected chi connectivity index (χ1v) is 8.11. The van der Waals surface area contributed by atoms with Gasteiger partial charge in [0.2, 0.25) is 0 Å². The number of nitrogens with zero attached hydrogens (tertiary/aromatic N) is 4. The molecule has 0 saturated carbocycles. The number of hydrogen-bond acceptors (Lipinski definition) is 4. The van der Waals surface area contributed by atoms with Crippen molar-refractivity contribution in [1.29, 1.82) is 0 Å². The van der Waals surface area contributed by atoms with Gasteiger partial charge in [0.1, 0.15) is 6.33 Å². The molecule has 24 heavy (non-hydrogen) atoms. The molecule has 0 spiro atoms. The molecule has 0 amide bonds. The zero-order valence-electron chi connectivity index (χ0n) is 14.5. The minimum atomic E-state index is 0.0384. The molecule has 0 atom stereocenters. The van der Waals surface area contributed by atoms with Gasteiger partial charge in [-0.15, -0.1) is 0 Å². The van der Waals surface area contributed by atoms with Crippen LogP contribution in [0.15, 0.2) is 48.8 Å². The summed E-state index contributed by atoms with van der Waals surface area (Å²) in [4.78, 5) is 8.87. The lowest BCUT2D eigenvalue weighted by molar-refractivity contribution is 0.282.